The molecule has 5 nitrogen and oxygen atoms in total. The zero-order chi connectivity index (χ0) is 17.8. The maximum Gasteiger partial charge on any atom is 0.233 e. The van der Waals surface area contributed by atoms with Crippen LogP contribution in [0.5, 0.6) is 0 Å². The fourth-order valence-corrected chi connectivity index (χ4v) is 3.29. The molecule has 1 aliphatic heterocycles. The van der Waals surface area contributed by atoms with E-state index in [4.69, 9.17) is 0 Å². The van der Waals surface area contributed by atoms with E-state index in [0.29, 0.717) is 0 Å². The van der Waals surface area contributed by atoms with Gasteiger partial charge in [0.2, 0.25) is 5.91 Å². The molecule has 0 saturated heterocycles. The normalized spacial score (nSPS) is 16.4. The molecule has 0 radical (unpaired) electrons. The van der Waals surface area contributed by atoms with Crippen molar-refractivity contribution in [1.82, 2.24) is 14.7 Å². The number of hydrogen-bond acceptors (Lipinski definition) is 3. The first kappa shape index (κ1) is 17.4. The number of hydrogen-bond donors (Lipinski definition) is 1. The molecule has 0 aliphatic carbocycles. The highest BCUT2D eigenvalue weighted by Gasteiger charge is 2.21. The predicted molar refractivity (Wildman–Crippen MR) is 101 cm³/mol. The number of carbonyl (C=O) groups excluding carboxylic acids is 1. The third-order valence-electron chi connectivity index (χ3n) is 4.73. The molecule has 1 aliphatic rings. The van der Waals surface area contributed by atoms with Crippen molar-refractivity contribution < 1.29 is 4.79 Å². The van der Waals surface area contributed by atoms with Crippen LogP contribution in [0.4, 0.5) is 5.82 Å². The summed E-state index contributed by atoms with van der Waals surface area (Å²) < 4.78 is 1.75. The summed E-state index contributed by atoms with van der Waals surface area (Å²) in [6, 6.07) is 11.9. The first-order valence-electron chi connectivity index (χ1n) is 8.86. The number of benzene rings is 1. The van der Waals surface area contributed by atoms with Crippen molar-refractivity contribution in [3.63, 3.8) is 0 Å². The summed E-state index contributed by atoms with van der Waals surface area (Å²) in [6.07, 6.45) is 4.04. The van der Waals surface area contributed by atoms with Gasteiger partial charge in [0, 0.05) is 26.2 Å². The van der Waals surface area contributed by atoms with Crippen molar-refractivity contribution >= 4 is 17.3 Å². The Morgan fingerprint density at radius 1 is 1.28 bits per heavy atom. The molecule has 0 bridgehead atoms. The highest BCUT2D eigenvalue weighted by Crippen LogP contribution is 2.24. The summed E-state index contributed by atoms with van der Waals surface area (Å²) >= 11 is 0. The van der Waals surface area contributed by atoms with Gasteiger partial charge in [0.25, 0.3) is 0 Å². The third kappa shape index (κ3) is 3.99. The number of aromatic nitrogens is 2. The number of anilines is 1. The van der Waals surface area contributed by atoms with E-state index in [2.05, 4.69) is 28.4 Å². The molecule has 1 N–H and O–H groups in total. The van der Waals surface area contributed by atoms with E-state index in [1.165, 1.54) is 5.57 Å². The van der Waals surface area contributed by atoms with Gasteiger partial charge in [-0.1, -0.05) is 43.3 Å². The van der Waals surface area contributed by atoms with E-state index in [0.717, 1.165) is 43.0 Å². The minimum atomic E-state index is -0.153. The van der Waals surface area contributed by atoms with Crippen molar-refractivity contribution in [2.24, 2.45) is 7.05 Å². The van der Waals surface area contributed by atoms with Gasteiger partial charge in [-0.3, -0.25) is 9.48 Å². The van der Waals surface area contributed by atoms with Gasteiger partial charge in [0.15, 0.2) is 0 Å². The second-order valence-electron chi connectivity index (χ2n) is 6.66. The Hall–Kier alpha value is -2.40. The fraction of sp³-hybridized carbons (Fsp3) is 0.400. The highest BCUT2D eigenvalue weighted by atomic mass is 16.2. The number of rotatable bonds is 5. The maximum atomic E-state index is 12.8. The Balaban J connectivity index is 1.76. The largest absolute Gasteiger partial charge is 0.310 e. The Morgan fingerprint density at radius 2 is 2.04 bits per heavy atom. The molecule has 1 aromatic heterocycles. The van der Waals surface area contributed by atoms with Crippen LogP contribution >= 0.6 is 0 Å². The lowest BCUT2D eigenvalue weighted by Gasteiger charge is -2.21. The van der Waals surface area contributed by atoms with Gasteiger partial charge >= 0.3 is 0 Å². The van der Waals surface area contributed by atoms with Crippen LogP contribution in [0.2, 0.25) is 0 Å². The molecule has 2 aromatic rings. The van der Waals surface area contributed by atoms with Crippen LogP contribution in [0, 0.1) is 0 Å². The van der Waals surface area contributed by atoms with Crippen molar-refractivity contribution in [3.05, 3.63) is 53.7 Å². The fourth-order valence-electron chi connectivity index (χ4n) is 3.29. The minimum Gasteiger partial charge on any atom is -0.310 e. The Morgan fingerprint density at radius 3 is 2.72 bits per heavy atom. The molecule has 3 rings (SSSR count). The zero-order valence-electron chi connectivity index (χ0n) is 15.2. The molecule has 132 valence electrons. The molecule has 0 spiro atoms. The Bertz CT molecular complexity index is 763. The second-order valence-corrected chi connectivity index (χ2v) is 6.66. The topological polar surface area (TPSA) is 50.2 Å². The summed E-state index contributed by atoms with van der Waals surface area (Å²) in [4.78, 5) is 15.0. The number of nitrogens with zero attached hydrogens (tertiary/aromatic N) is 3. The first-order chi connectivity index (χ1) is 12.1. The van der Waals surface area contributed by atoms with Crippen molar-refractivity contribution in [1.29, 1.82) is 0 Å². The molecule has 25 heavy (non-hydrogen) atoms. The van der Waals surface area contributed by atoms with Crippen LogP contribution in [0.25, 0.3) is 5.57 Å². The van der Waals surface area contributed by atoms with Gasteiger partial charge < -0.3 is 10.2 Å². The van der Waals surface area contributed by atoms with Gasteiger partial charge in [-0.15, -0.1) is 0 Å². The third-order valence-corrected chi connectivity index (χ3v) is 4.73. The molecule has 5 heteroatoms. The quantitative estimate of drug-likeness (QED) is 0.910. The molecule has 2 heterocycles. The summed E-state index contributed by atoms with van der Waals surface area (Å²) in [6.45, 7) is 4.01. The summed E-state index contributed by atoms with van der Waals surface area (Å²) in [7, 11) is 3.99. The summed E-state index contributed by atoms with van der Waals surface area (Å²) in [5.41, 5.74) is 3.21. The van der Waals surface area contributed by atoms with E-state index < -0.39 is 0 Å². The van der Waals surface area contributed by atoms with E-state index in [9.17, 15) is 4.79 Å². The summed E-state index contributed by atoms with van der Waals surface area (Å²) in [5.74, 6) is 0.598. The molecule has 0 unspecified atom stereocenters. The zero-order valence-corrected chi connectivity index (χ0v) is 15.2. The lowest BCUT2D eigenvalue weighted by atomic mass is 9.96. The molecule has 1 aromatic carbocycles. The van der Waals surface area contributed by atoms with Crippen molar-refractivity contribution in [2.45, 2.75) is 25.7 Å². The SMILES string of the molecule is CC[C@@H](C(=O)Nc1cc(C2=CCCN(C)C2)nn1C)c1ccccc1. The van der Waals surface area contributed by atoms with E-state index >= 15 is 0 Å². The van der Waals surface area contributed by atoms with Gasteiger partial charge in [-0.2, -0.15) is 5.10 Å². The van der Waals surface area contributed by atoms with Crippen molar-refractivity contribution in [3.8, 4) is 0 Å². The minimum absolute atomic E-state index is 0.0120. The molecule has 0 fully saturated rings. The Kier molecular flexibility index (Phi) is 5.34. The average molecular weight is 338 g/mol. The molecule has 1 atom stereocenters. The maximum absolute atomic E-state index is 12.8. The van der Waals surface area contributed by atoms with Crippen LogP contribution < -0.4 is 5.32 Å². The standard InChI is InChI=1S/C20H26N4O/c1-4-17(15-9-6-5-7-10-15)20(25)21-19-13-18(22-24(19)3)16-11-8-12-23(2)14-16/h5-7,9-11,13,17H,4,8,12,14H2,1-3H3,(H,21,25)/t17-/m1/s1. The monoisotopic (exact) mass is 338 g/mol. The average Bonchev–Trinajstić information content (AvgIpc) is 2.97. The van der Waals surface area contributed by atoms with Gasteiger partial charge in [0.05, 0.1) is 11.6 Å². The lowest BCUT2D eigenvalue weighted by Crippen LogP contribution is -2.25. The highest BCUT2D eigenvalue weighted by molar-refractivity contribution is 5.95. The first-order valence-corrected chi connectivity index (χ1v) is 8.86. The van der Waals surface area contributed by atoms with Crippen LogP contribution in [-0.4, -0.2) is 40.7 Å². The number of nitrogens with one attached hydrogen (secondary N) is 1. The second kappa shape index (κ2) is 7.66. The van der Waals surface area contributed by atoms with Gasteiger partial charge in [0.1, 0.15) is 5.82 Å². The van der Waals surface area contributed by atoms with Gasteiger partial charge in [-0.25, -0.2) is 0 Å². The van der Waals surface area contributed by atoms with E-state index in [-0.39, 0.29) is 11.8 Å². The smallest absolute Gasteiger partial charge is 0.233 e. The van der Waals surface area contributed by atoms with Crippen LogP contribution in [0.1, 0.15) is 36.9 Å². The van der Waals surface area contributed by atoms with Gasteiger partial charge in [-0.05, 0) is 31.0 Å². The van der Waals surface area contributed by atoms with Crippen LogP contribution in [0.3, 0.4) is 0 Å². The molecular weight excluding hydrogens is 312 g/mol. The summed E-state index contributed by atoms with van der Waals surface area (Å²) in [5, 5.41) is 7.64. The molecular formula is C20H26N4O. The molecule has 0 saturated carbocycles. The predicted octanol–water partition coefficient (Wildman–Crippen LogP) is 3.27. The Labute approximate surface area is 149 Å². The van der Waals surface area contributed by atoms with E-state index in [1.54, 1.807) is 4.68 Å². The number of likely N-dealkylation sites (N-methyl/N-ethyl adjacent to an activating group) is 1. The van der Waals surface area contributed by atoms with E-state index in [1.807, 2.05) is 50.4 Å². The molecule has 1 amide bonds. The van der Waals surface area contributed by atoms with Crippen LogP contribution in [0.15, 0.2) is 42.5 Å². The van der Waals surface area contributed by atoms with Crippen LogP contribution in [-0.2, 0) is 11.8 Å². The number of carbonyl (C=O) groups is 1. The van der Waals surface area contributed by atoms with Crippen molar-refractivity contribution in [2.75, 3.05) is 25.5 Å². The number of aryl methyl sites for hydroxylation is 1. The number of amides is 1. The lowest BCUT2D eigenvalue weighted by molar-refractivity contribution is -0.117.